The molecule has 2 heterocycles. The topological polar surface area (TPSA) is 95.5 Å². The number of benzene rings is 2. The lowest BCUT2D eigenvalue weighted by atomic mass is 10.2. The van der Waals surface area contributed by atoms with Crippen molar-refractivity contribution in [2.24, 2.45) is 0 Å². The van der Waals surface area contributed by atoms with E-state index in [0.29, 0.717) is 31.3 Å². The van der Waals surface area contributed by atoms with E-state index in [9.17, 15) is 13.2 Å². The van der Waals surface area contributed by atoms with E-state index < -0.39 is 15.9 Å². The average Bonchev–Trinajstić information content (AvgIpc) is 3.26. The van der Waals surface area contributed by atoms with Gasteiger partial charge in [0, 0.05) is 37.5 Å². The third-order valence-corrected chi connectivity index (χ3v) is 8.97. The molecule has 0 aliphatic carbocycles. The highest BCUT2D eigenvalue weighted by molar-refractivity contribution is 8.00. The molecule has 0 bridgehead atoms. The Bertz CT molecular complexity index is 1180. The molecule has 168 valence electrons. The molecule has 1 amide bonds. The predicted octanol–water partition coefficient (Wildman–Crippen LogP) is 3.02. The summed E-state index contributed by atoms with van der Waals surface area (Å²) in [4.78, 5) is 14.9. The minimum Gasteiger partial charge on any atom is -0.304 e. The summed E-state index contributed by atoms with van der Waals surface area (Å²) in [6.07, 6.45) is 0. The van der Waals surface area contributed by atoms with Crippen LogP contribution in [0.15, 0.2) is 63.8 Å². The molecule has 1 aliphatic heterocycles. The van der Waals surface area contributed by atoms with Gasteiger partial charge >= 0.3 is 0 Å². The number of nitrogens with one attached hydrogen (secondary N) is 1. The number of piperazine rings is 1. The first kappa shape index (κ1) is 22.9. The van der Waals surface area contributed by atoms with Crippen LogP contribution >= 0.6 is 23.1 Å². The van der Waals surface area contributed by atoms with Crippen LogP contribution in [0.2, 0.25) is 0 Å². The molecule has 11 heteroatoms. The van der Waals surface area contributed by atoms with Crippen molar-refractivity contribution in [1.82, 2.24) is 19.4 Å². The van der Waals surface area contributed by atoms with Crippen molar-refractivity contribution in [2.75, 3.05) is 38.5 Å². The van der Waals surface area contributed by atoms with Crippen LogP contribution in [0.5, 0.6) is 0 Å². The molecule has 1 saturated heterocycles. The smallest absolute Gasteiger partial charge is 0.257 e. The molecule has 4 rings (SSSR count). The molecule has 3 aromatic rings. The molecule has 2 aromatic carbocycles. The Morgan fingerprint density at radius 1 is 1.06 bits per heavy atom. The third kappa shape index (κ3) is 5.54. The Morgan fingerprint density at radius 2 is 1.81 bits per heavy atom. The van der Waals surface area contributed by atoms with Gasteiger partial charge in [0.05, 0.1) is 4.90 Å². The number of amides is 1. The summed E-state index contributed by atoms with van der Waals surface area (Å²) in [5.74, 6) is 0.339. The van der Waals surface area contributed by atoms with E-state index in [1.54, 1.807) is 23.9 Å². The number of aromatic nitrogens is 2. The molecule has 1 aliphatic rings. The van der Waals surface area contributed by atoms with Crippen LogP contribution in [-0.2, 0) is 15.8 Å². The van der Waals surface area contributed by atoms with Gasteiger partial charge in [-0.15, -0.1) is 10.2 Å². The zero-order chi connectivity index (χ0) is 22.6. The maximum absolute atomic E-state index is 13.0. The van der Waals surface area contributed by atoms with Gasteiger partial charge in [0.15, 0.2) is 4.34 Å². The number of carbonyl (C=O) groups excluding carboxylic acids is 1. The number of hydrogen-bond acceptors (Lipinski definition) is 8. The van der Waals surface area contributed by atoms with Gasteiger partial charge in [-0.2, -0.15) is 4.31 Å². The quantitative estimate of drug-likeness (QED) is 0.403. The van der Waals surface area contributed by atoms with Crippen LogP contribution in [-0.4, -0.2) is 67.0 Å². The highest BCUT2D eigenvalue weighted by Gasteiger charge is 2.28. The number of hydrogen-bond donors (Lipinski definition) is 1. The van der Waals surface area contributed by atoms with E-state index >= 15 is 0 Å². The Morgan fingerprint density at radius 3 is 2.56 bits per heavy atom. The van der Waals surface area contributed by atoms with Gasteiger partial charge in [0.25, 0.3) is 5.91 Å². The number of rotatable bonds is 7. The minimum atomic E-state index is -3.65. The van der Waals surface area contributed by atoms with Crippen molar-refractivity contribution in [2.45, 2.75) is 15.0 Å². The minimum absolute atomic E-state index is 0.117. The first-order valence-corrected chi connectivity index (χ1v) is 13.3. The van der Waals surface area contributed by atoms with Gasteiger partial charge in [0.2, 0.25) is 15.2 Å². The van der Waals surface area contributed by atoms with Crippen molar-refractivity contribution in [3.8, 4) is 0 Å². The maximum Gasteiger partial charge on any atom is 0.257 e. The summed E-state index contributed by atoms with van der Waals surface area (Å²) in [5, 5.41) is 11.2. The molecule has 1 aromatic heterocycles. The van der Waals surface area contributed by atoms with Crippen molar-refractivity contribution in [3.05, 3.63) is 65.7 Å². The van der Waals surface area contributed by atoms with Crippen LogP contribution in [0.1, 0.15) is 15.9 Å². The Hall–Kier alpha value is -2.31. The standard InChI is InChI=1S/C21H23N5O3S3/c1-25-10-12-26(13-11-25)32(28,29)18-9-5-8-17(14-18)19(27)22-20-23-24-21(31-20)30-15-16-6-3-2-4-7-16/h2-9,14H,10-13,15H2,1H3,(H,22,23,27). The zero-order valence-electron chi connectivity index (χ0n) is 17.5. The van der Waals surface area contributed by atoms with Crippen molar-refractivity contribution in [1.29, 1.82) is 0 Å². The lowest BCUT2D eigenvalue weighted by Gasteiger charge is -2.31. The highest BCUT2D eigenvalue weighted by atomic mass is 32.2. The summed E-state index contributed by atoms with van der Waals surface area (Å²) >= 11 is 2.83. The second-order valence-corrected chi connectivity index (χ2v) is 11.5. The van der Waals surface area contributed by atoms with E-state index in [4.69, 9.17) is 0 Å². The van der Waals surface area contributed by atoms with Crippen LogP contribution in [0, 0.1) is 0 Å². The SMILES string of the molecule is CN1CCN(S(=O)(=O)c2cccc(C(=O)Nc3nnc(SCc4ccccc4)s3)c2)CC1. The molecule has 0 unspecified atom stereocenters. The summed E-state index contributed by atoms with van der Waals surface area (Å²) in [5.41, 5.74) is 1.44. The van der Waals surface area contributed by atoms with Gasteiger partial charge in [-0.3, -0.25) is 10.1 Å². The fourth-order valence-electron chi connectivity index (χ4n) is 3.18. The van der Waals surface area contributed by atoms with E-state index in [0.717, 1.165) is 10.1 Å². The van der Waals surface area contributed by atoms with Crippen LogP contribution < -0.4 is 5.32 Å². The number of thioether (sulfide) groups is 1. The molecule has 1 N–H and O–H groups in total. The first-order valence-electron chi connectivity index (χ1n) is 10.0. The normalized spacial score (nSPS) is 15.5. The monoisotopic (exact) mass is 489 g/mol. The summed E-state index contributed by atoms with van der Waals surface area (Å²) in [6.45, 7) is 2.23. The average molecular weight is 490 g/mol. The van der Waals surface area contributed by atoms with E-state index in [-0.39, 0.29) is 10.5 Å². The number of anilines is 1. The molecule has 8 nitrogen and oxygen atoms in total. The van der Waals surface area contributed by atoms with E-state index in [1.807, 2.05) is 37.4 Å². The molecule has 0 spiro atoms. The number of nitrogens with zero attached hydrogens (tertiary/aromatic N) is 4. The largest absolute Gasteiger partial charge is 0.304 e. The number of likely N-dealkylation sites (N-methyl/N-ethyl adjacent to an activating group) is 1. The summed E-state index contributed by atoms with van der Waals surface area (Å²) in [6, 6.07) is 16.1. The Labute approximate surface area is 195 Å². The summed E-state index contributed by atoms with van der Waals surface area (Å²) in [7, 11) is -1.68. The van der Waals surface area contributed by atoms with Crippen LogP contribution in [0.3, 0.4) is 0 Å². The third-order valence-electron chi connectivity index (χ3n) is 5.03. The van der Waals surface area contributed by atoms with Gasteiger partial charge in [-0.05, 0) is 30.8 Å². The van der Waals surface area contributed by atoms with Crippen LogP contribution in [0.4, 0.5) is 5.13 Å². The lowest BCUT2D eigenvalue weighted by Crippen LogP contribution is -2.47. The summed E-state index contributed by atoms with van der Waals surface area (Å²) < 4.78 is 28.2. The number of carbonyl (C=O) groups is 1. The van der Waals surface area contributed by atoms with E-state index in [2.05, 4.69) is 20.4 Å². The molecule has 32 heavy (non-hydrogen) atoms. The van der Waals surface area contributed by atoms with Gasteiger partial charge < -0.3 is 4.90 Å². The first-order chi connectivity index (χ1) is 15.4. The van der Waals surface area contributed by atoms with Crippen molar-refractivity contribution < 1.29 is 13.2 Å². The predicted molar refractivity (Wildman–Crippen MR) is 127 cm³/mol. The molecule has 0 radical (unpaired) electrons. The lowest BCUT2D eigenvalue weighted by molar-refractivity contribution is 0.102. The van der Waals surface area contributed by atoms with Gasteiger partial charge in [-0.25, -0.2) is 8.42 Å². The van der Waals surface area contributed by atoms with E-state index in [1.165, 1.54) is 33.3 Å². The second kappa shape index (κ2) is 10.1. The fourth-order valence-corrected chi connectivity index (χ4v) is 6.35. The van der Waals surface area contributed by atoms with Gasteiger partial charge in [0.1, 0.15) is 0 Å². The zero-order valence-corrected chi connectivity index (χ0v) is 19.9. The molecule has 1 fully saturated rings. The Kier molecular flexibility index (Phi) is 7.21. The number of sulfonamides is 1. The molecule has 0 atom stereocenters. The van der Waals surface area contributed by atoms with Crippen molar-refractivity contribution >= 4 is 44.2 Å². The van der Waals surface area contributed by atoms with Crippen molar-refractivity contribution in [3.63, 3.8) is 0 Å². The Balaban J connectivity index is 1.40. The maximum atomic E-state index is 13.0. The van der Waals surface area contributed by atoms with Gasteiger partial charge in [-0.1, -0.05) is 59.5 Å². The fraction of sp³-hybridized carbons (Fsp3) is 0.286. The highest BCUT2D eigenvalue weighted by Crippen LogP contribution is 2.28. The molecular formula is C21H23N5O3S3. The molecular weight excluding hydrogens is 466 g/mol. The molecule has 0 saturated carbocycles. The van der Waals surface area contributed by atoms with Crippen LogP contribution in [0.25, 0.3) is 0 Å². The second-order valence-electron chi connectivity index (χ2n) is 7.34.